The standard InChI is InChI=1S/C23H25N3O3S/c1-5-13-26-22(28)19(14-20(27)24-17-11-6-7-12-18(17)29-4)30-23(26)25-21-15(2)9-8-10-16(21)3/h5-12,19H,1,13-14H2,2-4H3,(H,24,27)/t19-/m0/s1. The van der Waals surface area contributed by atoms with Gasteiger partial charge in [0.1, 0.15) is 11.0 Å². The van der Waals surface area contributed by atoms with E-state index in [-0.39, 0.29) is 18.2 Å². The van der Waals surface area contributed by atoms with Gasteiger partial charge in [-0.25, -0.2) is 4.99 Å². The molecule has 0 saturated carbocycles. The fourth-order valence-corrected chi connectivity index (χ4v) is 4.37. The molecule has 156 valence electrons. The van der Waals surface area contributed by atoms with Crippen molar-refractivity contribution in [3.05, 3.63) is 66.2 Å². The fraction of sp³-hybridized carbons (Fsp3) is 0.261. The van der Waals surface area contributed by atoms with Gasteiger partial charge >= 0.3 is 0 Å². The number of para-hydroxylation sites is 3. The number of aryl methyl sites for hydroxylation is 2. The number of carbonyl (C=O) groups excluding carboxylic acids is 2. The summed E-state index contributed by atoms with van der Waals surface area (Å²) in [5.74, 6) is 0.180. The summed E-state index contributed by atoms with van der Waals surface area (Å²) >= 11 is 1.31. The quantitative estimate of drug-likeness (QED) is 0.668. The molecule has 2 amide bonds. The number of methoxy groups -OCH3 is 1. The lowest BCUT2D eigenvalue weighted by Crippen LogP contribution is -2.33. The second kappa shape index (κ2) is 9.63. The van der Waals surface area contributed by atoms with Crippen molar-refractivity contribution in [2.45, 2.75) is 25.5 Å². The maximum absolute atomic E-state index is 12.9. The zero-order chi connectivity index (χ0) is 21.7. The Morgan fingerprint density at radius 2 is 1.93 bits per heavy atom. The molecular formula is C23H25N3O3S. The minimum atomic E-state index is -0.539. The van der Waals surface area contributed by atoms with Crippen LogP contribution in [0.5, 0.6) is 5.75 Å². The summed E-state index contributed by atoms with van der Waals surface area (Å²) in [4.78, 5) is 31.9. The van der Waals surface area contributed by atoms with Gasteiger partial charge in [0.25, 0.3) is 0 Å². The number of aliphatic imine (C=N–C) groups is 1. The molecule has 0 spiro atoms. The number of benzene rings is 2. The highest BCUT2D eigenvalue weighted by Crippen LogP contribution is 2.34. The van der Waals surface area contributed by atoms with Crippen molar-refractivity contribution < 1.29 is 14.3 Å². The Bertz CT molecular complexity index is 983. The molecule has 0 unspecified atom stereocenters. The van der Waals surface area contributed by atoms with E-state index >= 15 is 0 Å². The molecule has 1 N–H and O–H groups in total. The minimum Gasteiger partial charge on any atom is -0.495 e. The Kier molecular flexibility index (Phi) is 6.95. The van der Waals surface area contributed by atoms with Crippen LogP contribution in [0, 0.1) is 13.8 Å². The first-order valence-electron chi connectivity index (χ1n) is 9.61. The lowest BCUT2D eigenvalue weighted by Gasteiger charge is -2.15. The Hall–Kier alpha value is -3.06. The normalized spacial score (nSPS) is 17.3. The summed E-state index contributed by atoms with van der Waals surface area (Å²) < 4.78 is 5.27. The van der Waals surface area contributed by atoms with Crippen LogP contribution in [-0.4, -0.2) is 40.8 Å². The van der Waals surface area contributed by atoms with Gasteiger partial charge in [-0.15, -0.1) is 6.58 Å². The van der Waals surface area contributed by atoms with Crippen molar-refractivity contribution in [1.29, 1.82) is 0 Å². The van der Waals surface area contributed by atoms with Crippen molar-refractivity contribution in [3.63, 3.8) is 0 Å². The van der Waals surface area contributed by atoms with Gasteiger partial charge in [-0.2, -0.15) is 0 Å². The van der Waals surface area contributed by atoms with Crippen molar-refractivity contribution in [2.75, 3.05) is 19.0 Å². The molecule has 1 aliphatic heterocycles. The van der Waals surface area contributed by atoms with Crippen molar-refractivity contribution in [3.8, 4) is 5.75 Å². The van der Waals surface area contributed by atoms with Gasteiger partial charge in [0.05, 0.1) is 18.5 Å². The Morgan fingerprint density at radius 3 is 2.60 bits per heavy atom. The summed E-state index contributed by atoms with van der Waals surface area (Å²) in [6, 6.07) is 13.1. The number of thioether (sulfide) groups is 1. The van der Waals surface area contributed by atoms with Crippen molar-refractivity contribution in [1.82, 2.24) is 4.90 Å². The summed E-state index contributed by atoms with van der Waals surface area (Å²) in [7, 11) is 1.55. The molecule has 0 aliphatic carbocycles. The van der Waals surface area contributed by atoms with E-state index in [4.69, 9.17) is 9.73 Å². The zero-order valence-electron chi connectivity index (χ0n) is 17.3. The highest BCUT2D eigenvalue weighted by Gasteiger charge is 2.38. The van der Waals surface area contributed by atoms with Gasteiger partial charge in [0.2, 0.25) is 11.8 Å². The zero-order valence-corrected chi connectivity index (χ0v) is 18.2. The number of carbonyl (C=O) groups is 2. The number of nitrogens with zero attached hydrogens (tertiary/aromatic N) is 2. The van der Waals surface area contributed by atoms with E-state index in [1.54, 1.807) is 30.2 Å². The monoisotopic (exact) mass is 423 g/mol. The molecule has 1 atom stereocenters. The second-order valence-corrected chi connectivity index (χ2v) is 8.10. The van der Waals surface area contributed by atoms with E-state index in [2.05, 4.69) is 11.9 Å². The van der Waals surface area contributed by atoms with Crippen LogP contribution in [0.25, 0.3) is 0 Å². The predicted molar refractivity (Wildman–Crippen MR) is 123 cm³/mol. The van der Waals surface area contributed by atoms with E-state index in [1.807, 2.05) is 44.2 Å². The molecule has 6 nitrogen and oxygen atoms in total. The van der Waals surface area contributed by atoms with Crippen LogP contribution in [-0.2, 0) is 9.59 Å². The Labute approximate surface area is 181 Å². The molecule has 0 radical (unpaired) electrons. The Morgan fingerprint density at radius 1 is 1.23 bits per heavy atom. The molecule has 1 heterocycles. The second-order valence-electron chi connectivity index (χ2n) is 6.93. The third kappa shape index (κ3) is 4.74. The summed E-state index contributed by atoms with van der Waals surface area (Å²) in [6.45, 7) is 8.07. The molecule has 30 heavy (non-hydrogen) atoms. The lowest BCUT2D eigenvalue weighted by molar-refractivity contribution is -0.127. The number of anilines is 1. The topological polar surface area (TPSA) is 71.0 Å². The molecular weight excluding hydrogens is 398 g/mol. The van der Waals surface area contributed by atoms with Gasteiger partial charge in [-0.1, -0.05) is 48.2 Å². The highest BCUT2D eigenvalue weighted by atomic mass is 32.2. The number of hydrogen-bond donors (Lipinski definition) is 1. The largest absolute Gasteiger partial charge is 0.495 e. The summed E-state index contributed by atoms with van der Waals surface area (Å²) in [5.41, 5.74) is 3.49. The van der Waals surface area contributed by atoms with E-state index in [1.165, 1.54) is 11.8 Å². The van der Waals surface area contributed by atoms with Crippen molar-refractivity contribution in [2.24, 2.45) is 4.99 Å². The number of hydrogen-bond acceptors (Lipinski definition) is 5. The number of rotatable bonds is 7. The van der Waals surface area contributed by atoms with Crippen LogP contribution >= 0.6 is 11.8 Å². The fourth-order valence-electron chi connectivity index (χ4n) is 3.22. The van der Waals surface area contributed by atoms with Gasteiger partial charge < -0.3 is 10.1 Å². The van der Waals surface area contributed by atoms with Gasteiger partial charge in [-0.3, -0.25) is 14.5 Å². The maximum atomic E-state index is 12.9. The molecule has 2 aromatic rings. The summed E-state index contributed by atoms with van der Waals surface area (Å²) in [5, 5.41) is 2.88. The highest BCUT2D eigenvalue weighted by molar-refractivity contribution is 8.15. The molecule has 1 fully saturated rings. The van der Waals surface area contributed by atoms with Crippen LogP contribution < -0.4 is 10.1 Å². The molecule has 1 saturated heterocycles. The maximum Gasteiger partial charge on any atom is 0.242 e. The molecule has 0 bridgehead atoms. The molecule has 7 heteroatoms. The SMILES string of the molecule is C=CCN1C(=O)[C@H](CC(=O)Nc2ccccc2OC)SC1=Nc1c(C)cccc1C. The number of nitrogens with one attached hydrogen (secondary N) is 1. The first-order chi connectivity index (χ1) is 14.4. The van der Waals surface area contributed by atoms with Crippen molar-refractivity contribution >= 4 is 40.1 Å². The Balaban J connectivity index is 1.79. The van der Waals surface area contributed by atoms with Crippen LogP contribution in [0.2, 0.25) is 0 Å². The smallest absolute Gasteiger partial charge is 0.242 e. The number of ether oxygens (including phenoxy) is 1. The third-order valence-electron chi connectivity index (χ3n) is 4.73. The van der Waals surface area contributed by atoms with Gasteiger partial charge in [-0.05, 0) is 37.1 Å². The first-order valence-corrected chi connectivity index (χ1v) is 10.5. The van der Waals surface area contributed by atoms with Crippen LogP contribution in [0.1, 0.15) is 17.5 Å². The molecule has 1 aliphatic rings. The van der Waals surface area contributed by atoms with E-state index in [0.717, 1.165) is 16.8 Å². The van der Waals surface area contributed by atoms with E-state index < -0.39 is 5.25 Å². The van der Waals surface area contributed by atoms with E-state index in [9.17, 15) is 9.59 Å². The van der Waals surface area contributed by atoms with Gasteiger partial charge in [0.15, 0.2) is 5.17 Å². The van der Waals surface area contributed by atoms with Crippen LogP contribution in [0.4, 0.5) is 11.4 Å². The lowest BCUT2D eigenvalue weighted by atomic mass is 10.1. The number of amidine groups is 1. The summed E-state index contributed by atoms with van der Waals surface area (Å²) in [6.07, 6.45) is 1.71. The molecule has 0 aromatic heterocycles. The third-order valence-corrected chi connectivity index (χ3v) is 5.91. The van der Waals surface area contributed by atoms with E-state index in [0.29, 0.717) is 23.1 Å². The first kappa shape index (κ1) is 21.6. The number of amides is 2. The van der Waals surface area contributed by atoms with Crippen LogP contribution in [0.15, 0.2) is 60.1 Å². The average Bonchev–Trinajstić information content (AvgIpc) is 3.00. The average molecular weight is 424 g/mol. The minimum absolute atomic E-state index is 0.0426. The predicted octanol–water partition coefficient (Wildman–Crippen LogP) is 4.46. The molecule has 2 aromatic carbocycles. The molecule has 3 rings (SSSR count). The van der Waals surface area contributed by atoms with Gasteiger partial charge in [0, 0.05) is 13.0 Å². The van der Waals surface area contributed by atoms with Crippen LogP contribution in [0.3, 0.4) is 0 Å².